The fourth-order valence-electron chi connectivity index (χ4n) is 2.26. The first-order valence-electron chi connectivity index (χ1n) is 7.69. The van der Waals surface area contributed by atoms with Crippen molar-refractivity contribution in [1.29, 1.82) is 0 Å². The highest BCUT2D eigenvalue weighted by Crippen LogP contribution is 2.29. The maximum absolute atomic E-state index is 12.3. The van der Waals surface area contributed by atoms with Crippen molar-refractivity contribution in [2.45, 2.75) is 11.9 Å². The molecule has 1 amide bonds. The molecule has 0 saturated carbocycles. The van der Waals surface area contributed by atoms with Gasteiger partial charge < -0.3 is 14.8 Å². The molecular formula is C17H17N5O3S. The number of aromatic nitrogens is 4. The Bertz CT molecular complexity index is 951. The summed E-state index contributed by atoms with van der Waals surface area (Å²) in [6.07, 6.45) is 3.10. The fourth-order valence-corrected chi connectivity index (χ4v) is 3.02. The number of hydrogen-bond acceptors (Lipinski definition) is 8. The van der Waals surface area contributed by atoms with E-state index in [-0.39, 0.29) is 11.7 Å². The number of anilines is 1. The molecule has 0 atom stereocenters. The third-order valence-electron chi connectivity index (χ3n) is 3.50. The van der Waals surface area contributed by atoms with Crippen LogP contribution in [0.1, 0.15) is 5.82 Å². The maximum Gasteiger partial charge on any atom is 0.234 e. The van der Waals surface area contributed by atoms with Crippen molar-refractivity contribution in [1.82, 2.24) is 19.9 Å². The van der Waals surface area contributed by atoms with Crippen LogP contribution in [0.25, 0.3) is 11.0 Å². The summed E-state index contributed by atoms with van der Waals surface area (Å²) in [7, 11) is 3.11. The van der Waals surface area contributed by atoms with E-state index in [9.17, 15) is 4.79 Å². The summed E-state index contributed by atoms with van der Waals surface area (Å²) in [4.78, 5) is 29.1. The Kier molecular flexibility index (Phi) is 5.47. The predicted octanol–water partition coefficient (Wildman–Crippen LogP) is 2.48. The molecule has 0 unspecified atom stereocenters. The Labute approximate surface area is 154 Å². The lowest BCUT2D eigenvalue weighted by molar-refractivity contribution is -0.113. The van der Waals surface area contributed by atoms with Crippen molar-refractivity contribution in [3.8, 4) is 11.5 Å². The molecule has 0 aliphatic heterocycles. The van der Waals surface area contributed by atoms with Gasteiger partial charge in [-0.15, -0.1) is 0 Å². The van der Waals surface area contributed by atoms with E-state index in [0.717, 1.165) is 5.39 Å². The second kappa shape index (κ2) is 7.96. The van der Waals surface area contributed by atoms with E-state index < -0.39 is 0 Å². The normalized spacial score (nSPS) is 10.6. The summed E-state index contributed by atoms with van der Waals surface area (Å²) in [5.74, 6) is 1.79. The Hall–Kier alpha value is -2.94. The van der Waals surface area contributed by atoms with Gasteiger partial charge in [-0.1, -0.05) is 11.8 Å². The average Bonchev–Trinajstić information content (AvgIpc) is 2.65. The fraction of sp³-hybridized carbons (Fsp3) is 0.235. The molecule has 8 nitrogen and oxygen atoms in total. The van der Waals surface area contributed by atoms with E-state index in [2.05, 4.69) is 25.3 Å². The van der Waals surface area contributed by atoms with Gasteiger partial charge in [0.25, 0.3) is 0 Å². The summed E-state index contributed by atoms with van der Waals surface area (Å²) in [5, 5.41) is 4.20. The molecule has 2 aromatic heterocycles. The Balaban J connectivity index is 1.72. The van der Waals surface area contributed by atoms with Crippen LogP contribution in [0.4, 0.5) is 5.69 Å². The minimum atomic E-state index is -0.193. The highest BCUT2D eigenvalue weighted by Gasteiger charge is 2.12. The first-order valence-corrected chi connectivity index (χ1v) is 8.68. The van der Waals surface area contributed by atoms with Crippen LogP contribution < -0.4 is 14.8 Å². The van der Waals surface area contributed by atoms with E-state index in [4.69, 9.17) is 9.47 Å². The monoisotopic (exact) mass is 371 g/mol. The first kappa shape index (κ1) is 17.9. The summed E-state index contributed by atoms with van der Waals surface area (Å²) >= 11 is 1.29. The van der Waals surface area contributed by atoms with Gasteiger partial charge in [-0.2, -0.15) is 0 Å². The van der Waals surface area contributed by atoms with Crippen LogP contribution in [0.5, 0.6) is 11.5 Å². The lowest BCUT2D eigenvalue weighted by atomic mass is 10.2. The number of aryl methyl sites for hydroxylation is 1. The summed E-state index contributed by atoms with van der Waals surface area (Å²) in [6.45, 7) is 1.79. The SMILES string of the molecule is COc1ccc(OC)c(NC(=O)CSc2ncnc3nc(C)ncc23)c1. The Morgan fingerprint density at radius 3 is 2.81 bits per heavy atom. The van der Waals surface area contributed by atoms with Crippen molar-refractivity contribution in [3.05, 3.63) is 36.5 Å². The molecule has 0 fully saturated rings. The minimum Gasteiger partial charge on any atom is -0.497 e. The van der Waals surface area contributed by atoms with Crippen LogP contribution in [-0.2, 0) is 4.79 Å². The van der Waals surface area contributed by atoms with Crippen LogP contribution in [0, 0.1) is 6.92 Å². The molecule has 3 aromatic rings. The molecule has 3 rings (SSSR count). The number of methoxy groups -OCH3 is 2. The number of nitrogens with zero attached hydrogens (tertiary/aromatic N) is 4. The number of hydrogen-bond donors (Lipinski definition) is 1. The summed E-state index contributed by atoms with van der Waals surface area (Å²) in [6, 6.07) is 5.20. The number of thioether (sulfide) groups is 1. The van der Waals surface area contributed by atoms with Gasteiger partial charge in [-0.3, -0.25) is 4.79 Å². The lowest BCUT2D eigenvalue weighted by Crippen LogP contribution is -2.15. The van der Waals surface area contributed by atoms with E-state index in [1.807, 2.05) is 0 Å². The van der Waals surface area contributed by atoms with Crippen molar-refractivity contribution < 1.29 is 14.3 Å². The van der Waals surface area contributed by atoms with Gasteiger partial charge in [-0.05, 0) is 19.1 Å². The zero-order chi connectivity index (χ0) is 18.5. The quantitative estimate of drug-likeness (QED) is 0.521. The number of nitrogens with one attached hydrogen (secondary N) is 1. The van der Waals surface area contributed by atoms with Gasteiger partial charge in [0.1, 0.15) is 28.7 Å². The number of fused-ring (bicyclic) bond motifs is 1. The number of amides is 1. The smallest absolute Gasteiger partial charge is 0.234 e. The molecular weight excluding hydrogens is 354 g/mol. The number of rotatable bonds is 6. The molecule has 26 heavy (non-hydrogen) atoms. The third-order valence-corrected chi connectivity index (χ3v) is 4.50. The number of carbonyl (C=O) groups excluding carboxylic acids is 1. The van der Waals surface area contributed by atoms with Crippen molar-refractivity contribution >= 4 is 34.4 Å². The van der Waals surface area contributed by atoms with Gasteiger partial charge in [0.05, 0.1) is 31.0 Å². The molecule has 0 bridgehead atoms. The maximum atomic E-state index is 12.3. The Morgan fingerprint density at radius 2 is 2.04 bits per heavy atom. The average molecular weight is 371 g/mol. The van der Waals surface area contributed by atoms with Gasteiger partial charge >= 0.3 is 0 Å². The zero-order valence-corrected chi connectivity index (χ0v) is 15.3. The van der Waals surface area contributed by atoms with Crippen LogP contribution in [0.15, 0.2) is 35.7 Å². The van der Waals surface area contributed by atoms with Gasteiger partial charge in [-0.25, -0.2) is 19.9 Å². The van der Waals surface area contributed by atoms with E-state index in [0.29, 0.717) is 33.7 Å². The third kappa shape index (κ3) is 3.99. The van der Waals surface area contributed by atoms with Crippen LogP contribution in [0.2, 0.25) is 0 Å². The van der Waals surface area contributed by atoms with Crippen molar-refractivity contribution in [2.75, 3.05) is 25.3 Å². The predicted molar refractivity (Wildman–Crippen MR) is 98.8 cm³/mol. The first-order chi connectivity index (χ1) is 12.6. The van der Waals surface area contributed by atoms with Gasteiger partial charge in [0.2, 0.25) is 5.91 Å². The number of carbonyl (C=O) groups is 1. The second-order valence-corrected chi connectivity index (χ2v) is 6.20. The van der Waals surface area contributed by atoms with Gasteiger partial charge in [0, 0.05) is 12.3 Å². The highest BCUT2D eigenvalue weighted by molar-refractivity contribution is 8.00. The molecule has 1 aromatic carbocycles. The second-order valence-electron chi connectivity index (χ2n) is 5.24. The molecule has 0 aliphatic carbocycles. The van der Waals surface area contributed by atoms with Crippen LogP contribution in [-0.4, -0.2) is 45.8 Å². The summed E-state index contributed by atoms with van der Waals surface area (Å²) < 4.78 is 10.4. The molecule has 134 valence electrons. The molecule has 0 spiro atoms. The highest BCUT2D eigenvalue weighted by atomic mass is 32.2. The molecule has 0 radical (unpaired) electrons. The van der Waals surface area contributed by atoms with Gasteiger partial charge in [0.15, 0.2) is 5.65 Å². The molecule has 0 aliphatic rings. The zero-order valence-electron chi connectivity index (χ0n) is 14.5. The molecule has 0 saturated heterocycles. The standard InChI is InChI=1S/C17H17N5O3S/c1-10-18-7-12-16(21-10)19-9-20-17(12)26-8-15(23)22-13-6-11(24-2)4-5-14(13)25-3/h4-7,9H,8H2,1-3H3,(H,22,23). The molecule has 2 heterocycles. The minimum absolute atomic E-state index is 0.167. The summed E-state index contributed by atoms with van der Waals surface area (Å²) in [5.41, 5.74) is 1.11. The largest absolute Gasteiger partial charge is 0.497 e. The molecule has 1 N–H and O–H groups in total. The van der Waals surface area contributed by atoms with E-state index in [1.165, 1.54) is 18.1 Å². The van der Waals surface area contributed by atoms with E-state index >= 15 is 0 Å². The topological polar surface area (TPSA) is 99.1 Å². The van der Waals surface area contributed by atoms with Crippen LogP contribution >= 0.6 is 11.8 Å². The molecule has 9 heteroatoms. The lowest BCUT2D eigenvalue weighted by Gasteiger charge is -2.11. The number of ether oxygens (including phenoxy) is 2. The van der Waals surface area contributed by atoms with E-state index in [1.54, 1.807) is 45.5 Å². The van der Waals surface area contributed by atoms with Crippen LogP contribution in [0.3, 0.4) is 0 Å². The van der Waals surface area contributed by atoms with Crippen molar-refractivity contribution in [3.63, 3.8) is 0 Å². The Morgan fingerprint density at radius 1 is 1.19 bits per heavy atom. The van der Waals surface area contributed by atoms with Crippen molar-refractivity contribution in [2.24, 2.45) is 0 Å². The number of benzene rings is 1.